The molecular weight excluding hydrogens is 276 g/mol. The molecule has 0 amide bonds. The predicted octanol–water partition coefficient (Wildman–Crippen LogP) is 7.90. The number of hydrogen-bond acceptors (Lipinski definition) is 0. The number of aryl methyl sites for hydroxylation is 1. The summed E-state index contributed by atoms with van der Waals surface area (Å²) < 4.78 is 0. The van der Waals surface area contributed by atoms with E-state index in [-0.39, 0.29) is 0 Å². The van der Waals surface area contributed by atoms with Gasteiger partial charge in [0, 0.05) is 0 Å². The highest BCUT2D eigenvalue weighted by Gasteiger charge is 2.23. The van der Waals surface area contributed by atoms with E-state index < -0.39 is 0 Å². The Labute approximate surface area is 146 Å². The van der Waals surface area contributed by atoms with Crippen LogP contribution in [0.4, 0.5) is 0 Å². The van der Waals surface area contributed by atoms with Gasteiger partial charge in [0.1, 0.15) is 0 Å². The highest BCUT2D eigenvalue weighted by molar-refractivity contribution is 5.24. The van der Waals surface area contributed by atoms with E-state index in [1.807, 2.05) is 0 Å². The summed E-state index contributed by atoms with van der Waals surface area (Å²) in [6.07, 6.45) is 12.3. The normalized spacial score (nSPS) is 15.3. The maximum Gasteiger partial charge on any atom is -0.0159 e. The molecule has 0 nitrogen and oxygen atoms in total. The monoisotopic (exact) mass is 316 g/mol. The molecule has 0 radical (unpaired) electrons. The second-order valence-corrected chi connectivity index (χ2v) is 7.49. The number of rotatable bonds is 12. The Morgan fingerprint density at radius 3 is 1.91 bits per heavy atom. The van der Waals surface area contributed by atoms with Crippen LogP contribution in [0, 0.1) is 18.8 Å². The summed E-state index contributed by atoms with van der Waals surface area (Å²) in [5, 5.41) is 0. The van der Waals surface area contributed by atoms with Gasteiger partial charge in [-0.15, -0.1) is 0 Å². The molecule has 0 aromatic heterocycles. The van der Waals surface area contributed by atoms with E-state index in [0.717, 1.165) is 17.8 Å². The van der Waals surface area contributed by atoms with E-state index in [0.29, 0.717) is 0 Å². The fraction of sp³-hybridized carbons (Fsp3) is 0.739. The van der Waals surface area contributed by atoms with Crippen LogP contribution >= 0.6 is 0 Å². The third-order valence-corrected chi connectivity index (χ3v) is 5.55. The average Bonchev–Trinajstić information content (AvgIpc) is 2.56. The Bertz CT molecular complexity index is 389. The van der Waals surface area contributed by atoms with Crippen molar-refractivity contribution in [3.8, 4) is 0 Å². The van der Waals surface area contributed by atoms with E-state index in [9.17, 15) is 0 Å². The highest BCUT2D eigenvalue weighted by atomic mass is 14.3. The molecule has 1 aromatic rings. The Morgan fingerprint density at radius 1 is 0.739 bits per heavy atom. The molecule has 0 heterocycles. The maximum atomic E-state index is 2.41. The van der Waals surface area contributed by atoms with Crippen LogP contribution in [0.15, 0.2) is 24.3 Å². The minimum atomic E-state index is 0.756. The minimum Gasteiger partial charge on any atom is -0.0654 e. The van der Waals surface area contributed by atoms with Crippen molar-refractivity contribution in [3.63, 3.8) is 0 Å². The Hall–Kier alpha value is -0.780. The van der Waals surface area contributed by atoms with Crippen LogP contribution in [0.25, 0.3) is 0 Å². The summed E-state index contributed by atoms with van der Waals surface area (Å²) in [6, 6.07) is 9.34. The molecule has 3 atom stereocenters. The van der Waals surface area contributed by atoms with Crippen LogP contribution in [0.5, 0.6) is 0 Å². The number of unbranched alkanes of at least 4 members (excludes halogenated alkanes) is 1. The lowest BCUT2D eigenvalue weighted by Crippen LogP contribution is -2.18. The zero-order valence-corrected chi connectivity index (χ0v) is 16.4. The lowest BCUT2D eigenvalue weighted by molar-refractivity contribution is 0.244. The fourth-order valence-corrected chi connectivity index (χ4v) is 4.12. The van der Waals surface area contributed by atoms with E-state index in [2.05, 4.69) is 58.9 Å². The molecule has 1 rings (SSSR count). The molecule has 23 heavy (non-hydrogen) atoms. The zero-order chi connectivity index (χ0) is 17.1. The van der Waals surface area contributed by atoms with Crippen molar-refractivity contribution >= 4 is 0 Å². The molecule has 0 spiro atoms. The zero-order valence-electron chi connectivity index (χ0n) is 16.4. The highest BCUT2D eigenvalue weighted by Crippen LogP contribution is 2.36. The summed E-state index contributed by atoms with van der Waals surface area (Å²) in [5.74, 6) is 2.60. The Morgan fingerprint density at radius 2 is 1.39 bits per heavy atom. The van der Waals surface area contributed by atoms with Gasteiger partial charge >= 0.3 is 0 Å². The van der Waals surface area contributed by atoms with E-state index >= 15 is 0 Å². The topological polar surface area (TPSA) is 0 Å². The van der Waals surface area contributed by atoms with Gasteiger partial charge in [0.05, 0.1) is 0 Å². The molecule has 1 aromatic carbocycles. The van der Waals surface area contributed by atoms with Crippen LogP contribution in [0.2, 0.25) is 0 Å². The van der Waals surface area contributed by atoms with Gasteiger partial charge in [0.2, 0.25) is 0 Å². The van der Waals surface area contributed by atoms with Gasteiger partial charge < -0.3 is 0 Å². The van der Waals surface area contributed by atoms with Gasteiger partial charge in [-0.1, -0.05) is 102 Å². The second-order valence-electron chi connectivity index (χ2n) is 7.49. The maximum absolute atomic E-state index is 2.41. The number of hydrogen-bond donors (Lipinski definition) is 0. The molecule has 132 valence electrons. The first-order valence-electron chi connectivity index (χ1n) is 10.2. The lowest BCUT2D eigenvalue weighted by atomic mass is 9.75. The summed E-state index contributed by atoms with van der Waals surface area (Å²) in [6.45, 7) is 11.6. The molecule has 0 bridgehead atoms. The Kier molecular flexibility index (Phi) is 10.3. The van der Waals surface area contributed by atoms with Crippen LogP contribution in [0.3, 0.4) is 0 Å². The molecular formula is C23H40. The quantitative estimate of drug-likeness (QED) is 0.367. The SMILES string of the molecule is CCCCC(CCC)C(CC)CC(CCC)c1ccc(C)cc1. The van der Waals surface area contributed by atoms with E-state index in [1.54, 1.807) is 5.56 Å². The molecule has 0 fully saturated rings. The van der Waals surface area contributed by atoms with Crippen molar-refractivity contribution in [2.75, 3.05) is 0 Å². The van der Waals surface area contributed by atoms with E-state index in [1.165, 1.54) is 63.4 Å². The molecule has 0 N–H and O–H groups in total. The van der Waals surface area contributed by atoms with Gasteiger partial charge in [-0.25, -0.2) is 0 Å². The van der Waals surface area contributed by atoms with Crippen molar-refractivity contribution < 1.29 is 0 Å². The third kappa shape index (κ3) is 7.10. The molecule has 0 saturated carbocycles. The van der Waals surface area contributed by atoms with Gasteiger partial charge in [0.15, 0.2) is 0 Å². The van der Waals surface area contributed by atoms with Crippen molar-refractivity contribution in [3.05, 3.63) is 35.4 Å². The average molecular weight is 317 g/mol. The summed E-state index contributed by atoms with van der Waals surface area (Å²) in [5.41, 5.74) is 2.95. The van der Waals surface area contributed by atoms with E-state index in [4.69, 9.17) is 0 Å². The molecule has 0 heteroatoms. The van der Waals surface area contributed by atoms with Gasteiger partial charge in [-0.2, -0.15) is 0 Å². The molecule has 0 saturated heterocycles. The van der Waals surface area contributed by atoms with Gasteiger partial charge in [-0.3, -0.25) is 0 Å². The first kappa shape index (κ1) is 20.3. The fourth-order valence-electron chi connectivity index (χ4n) is 4.12. The predicted molar refractivity (Wildman–Crippen MR) is 105 cm³/mol. The number of benzene rings is 1. The standard InChI is InChI=1S/C23H40/c1-6-10-13-21(11-7-2)20(9-4)18-23(12-8-3)22-16-14-19(5)15-17-22/h14-17,20-21,23H,6-13,18H2,1-5H3. The molecule has 0 aliphatic heterocycles. The van der Waals surface area contributed by atoms with Crippen molar-refractivity contribution in [1.29, 1.82) is 0 Å². The second kappa shape index (κ2) is 11.7. The lowest BCUT2D eigenvalue weighted by Gasteiger charge is -2.30. The minimum absolute atomic E-state index is 0.756. The van der Waals surface area contributed by atoms with Crippen molar-refractivity contribution in [2.45, 2.75) is 98.3 Å². The van der Waals surface area contributed by atoms with Crippen LogP contribution < -0.4 is 0 Å². The molecule has 0 aliphatic rings. The summed E-state index contributed by atoms with van der Waals surface area (Å²) in [4.78, 5) is 0. The molecule has 0 aliphatic carbocycles. The van der Waals surface area contributed by atoms with Crippen molar-refractivity contribution in [2.24, 2.45) is 11.8 Å². The largest absolute Gasteiger partial charge is 0.0654 e. The smallest absolute Gasteiger partial charge is 0.0159 e. The van der Waals surface area contributed by atoms with Crippen LogP contribution in [-0.4, -0.2) is 0 Å². The third-order valence-electron chi connectivity index (χ3n) is 5.55. The first-order valence-corrected chi connectivity index (χ1v) is 10.2. The van der Waals surface area contributed by atoms with Crippen LogP contribution in [0.1, 0.15) is 103 Å². The summed E-state index contributed by atoms with van der Waals surface area (Å²) in [7, 11) is 0. The van der Waals surface area contributed by atoms with Crippen LogP contribution in [-0.2, 0) is 0 Å². The summed E-state index contributed by atoms with van der Waals surface area (Å²) >= 11 is 0. The molecule has 3 unspecified atom stereocenters. The van der Waals surface area contributed by atoms with Gasteiger partial charge in [-0.05, 0) is 43.1 Å². The first-order chi connectivity index (χ1) is 11.2. The Balaban J connectivity index is 2.82. The van der Waals surface area contributed by atoms with Gasteiger partial charge in [0.25, 0.3) is 0 Å². The van der Waals surface area contributed by atoms with Crippen molar-refractivity contribution in [1.82, 2.24) is 0 Å².